The molecule has 2 heterocycles. The largest absolute Gasteiger partial charge is 0.459 e. The fourth-order valence-electron chi connectivity index (χ4n) is 2.90. The molecule has 0 bridgehead atoms. The Morgan fingerprint density at radius 2 is 1.89 bits per heavy atom. The number of aromatic nitrogens is 1. The maximum Gasteiger partial charge on any atom is 0.340 e. The van der Waals surface area contributed by atoms with Gasteiger partial charge < -0.3 is 19.5 Å². The molecule has 0 saturated carbocycles. The van der Waals surface area contributed by atoms with Crippen LogP contribution in [0.4, 0.5) is 5.69 Å². The Labute approximate surface area is 155 Å². The van der Waals surface area contributed by atoms with E-state index in [1.165, 1.54) is 6.07 Å². The van der Waals surface area contributed by atoms with E-state index in [4.69, 9.17) is 9.15 Å². The molecule has 0 unspecified atom stereocenters. The summed E-state index contributed by atoms with van der Waals surface area (Å²) in [4.78, 5) is 39.1. The lowest BCUT2D eigenvalue weighted by Crippen LogP contribution is -2.15. The van der Waals surface area contributed by atoms with E-state index in [9.17, 15) is 14.4 Å². The Morgan fingerprint density at radius 1 is 1.15 bits per heavy atom. The van der Waals surface area contributed by atoms with Crippen molar-refractivity contribution >= 4 is 28.5 Å². The third-order valence-corrected chi connectivity index (χ3v) is 4.09. The van der Waals surface area contributed by atoms with Gasteiger partial charge in [-0.05, 0) is 57.5 Å². The summed E-state index contributed by atoms with van der Waals surface area (Å²) in [5.74, 6) is -0.841. The smallest absolute Gasteiger partial charge is 0.340 e. The molecule has 1 amide bonds. The Bertz CT molecular complexity index is 1090. The first-order chi connectivity index (χ1) is 12.8. The number of aromatic amines is 1. The van der Waals surface area contributed by atoms with E-state index in [-0.39, 0.29) is 12.0 Å². The maximum atomic E-state index is 12.7. The van der Waals surface area contributed by atoms with Crippen LogP contribution in [0.3, 0.4) is 0 Å². The van der Waals surface area contributed by atoms with Crippen LogP contribution in [-0.4, -0.2) is 23.0 Å². The van der Waals surface area contributed by atoms with Crippen LogP contribution in [0.15, 0.2) is 39.5 Å². The topological polar surface area (TPSA) is 101 Å². The van der Waals surface area contributed by atoms with Gasteiger partial charge in [-0.3, -0.25) is 4.79 Å². The fourth-order valence-corrected chi connectivity index (χ4v) is 2.90. The van der Waals surface area contributed by atoms with Gasteiger partial charge in [0.15, 0.2) is 0 Å². The number of esters is 1. The second-order valence-corrected chi connectivity index (χ2v) is 6.54. The van der Waals surface area contributed by atoms with Crippen LogP contribution in [0.2, 0.25) is 0 Å². The van der Waals surface area contributed by atoms with Crippen molar-refractivity contribution in [2.75, 3.05) is 5.32 Å². The molecule has 0 saturated heterocycles. The van der Waals surface area contributed by atoms with Crippen LogP contribution >= 0.6 is 0 Å². The van der Waals surface area contributed by atoms with Gasteiger partial charge in [0, 0.05) is 22.8 Å². The first kappa shape index (κ1) is 18.4. The number of benzene rings is 1. The standard InChI is InChI=1S/C20H20N2O5/c1-10(2)26-20(25)17-11(3)18(21-12(17)4)19(24)22-14-6-7-15-13(9-14)5-8-16(23)27-15/h5-10,21H,1-4H3,(H,22,24). The highest BCUT2D eigenvalue weighted by Crippen LogP contribution is 2.22. The van der Waals surface area contributed by atoms with Crippen molar-refractivity contribution in [2.45, 2.75) is 33.8 Å². The predicted octanol–water partition coefficient (Wildman–Crippen LogP) is 3.56. The van der Waals surface area contributed by atoms with Crippen molar-refractivity contribution in [3.63, 3.8) is 0 Å². The van der Waals surface area contributed by atoms with Gasteiger partial charge in [-0.15, -0.1) is 0 Å². The van der Waals surface area contributed by atoms with Gasteiger partial charge >= 0.3 is 11.6 Å². The minimum atomic E-state index is -0.462. The van der Waals surface area contributed by atoms with Crippen molar-refractivity contribution in [1.82, 2.24) is 4.98 Å². The first-order valence-electron chi connectivity index (χ1n) is 8.51. The molecular formula is C20H20N2O5. The van der Waals surface area contributed by atoms with Gasteiger partial charge in [0.2, 0.25) is 0 Å². The van der Waals surface area contributed by atoms with Gasteiger partial charge in [0.1, 0.15) is 11.3 Å². The summed E-state index contributed by atoms with van der Waals surface area (Å²) >= 11 is 0. The number of carbonyl (C=O) groups excluding carboxylic acids is 2. The number of hydrogen-bond donors (Lipinski definition) is 2. The minimum absolute atomic E-state index is 0.249. The number of fused-ring (bicyclic) bond motifs is 1. The number of carbonyl (C=O) groups is 2. The number of nitrogens with one attached hydrogen (secondary N) is 2. The maximum absolute atomic E-state index is 12.7. The molecule has 27 heavy (non-hydrogen) atoms. The van der Waals surface area contributed by atoms with Gasteiger partial charge in [-0.25, -0.2) is 9.59 Å². The van der Waals surface area contributed by atoms with Gasteiger partial charge in [-0.2, -0.15) is 0 Å². The monoisotopic (exact) mass is 368 g/mol. The molecule has 3 aromatic rings. The number of anilines is 1. The second-order valence-electron chi connectivity index (χ2n) is 6.54. The lowest BCUT2D eigenvalue weighted by atomic mass is 10.1. The Balaban J connectivity index is 1.87. The summed E-state index contributed by atoms with van der Waals surface area (Å²) in [5, 5.41) is 3.47. The molecule has 0 fully saturated rings. The van der Waals surface area contributed by atoms with Crippen molar-refractivity contribution in [1.29, 1.82) is 0 Å². The molecule has 2 aromatic heterocycles. The summed E-state index contributed by atoms with van der Waals surface area (Å²) in [5.41, 5.74) is 2.31. The lowest BCUT2D eigenvalue weighted by Gasteiger charge is -2.08. The highest BCUT2D eigenvalue weighted by atomic mass is 16.5. The zero-order chi connectivity index (χ0) is 19.7. The number of amides is 1. The SMILES string of the molecule is Cc1[nH]c(C(=O)Nc2ccc3oc(=O)ccc3c2)c(C)c1C(=O)OC(C)C. The molecule has 7 heteroatoms. The van der Waals surface area contributed by atoms with Crippen molar-refractivity contribution in [3.05, 3.63) is 63.3 Å². The number of ether oxygens (including phenoxy) is 1. The van der Waals surface area contributed by atoms with Gasteiger partial charge in [0.05, 0.1) is 11.7 Å². The molecule has 0 radical (unpaired) electrons. The van der Waals surface area contributed by atoms with E-state index >= 15 is 0 Å². The Kier molecular flexibility index (Phi) is 4.85. The molecular weight excluding hydrogens is 348 g/mol. The van der Waals surface area contributed by atoms with E-state index in [0.717, 1.165) is 0 Å². The van der Waals surface area contributed by atoms with Crippen LogP contribution < -0.4 is 10.9 Å². The molecule has 2 N–H and O–H groups in total. The van der Waals surface area contributed by atoms with Crippen molar-refractivity contribution in [2.24, 2.45) is 0 Å². The average molecular weight is 368 g/mol. The van der Waals surface area contributed by atoms with E-state index in [1.807, 2.05) is 0 Å². The first-order valence-corrected chi connectivity index (χ1v) is 8.51. The third kappa shape index (κ3) is 3.76. The van der Waals surface area contributed by atoms with Crippen LogP contribution in [0.1, 0.15) is 46.0 Å². The molecule has 0 spiro atoms. The molecule has 0 atom stereocenters. The molecule has 3 rings (SSSR count). The van der Waals surface area contributed by atoms with E-state index < -0.39 is 11.6 Å². The summed E-state index contributed by atoms with van der Waals surface area (Å²) in [7, 11) is 0. The number of aryl methyl sites for hydroxylation is 1. The number of hydrogen-bond acceptors (Lipinski definition) is 5. The molecule has 0 aliphatic heterocycles. The molecule has 1 aromatic carbocycles. The minimum Gasteiger partial charge on any atom is -0.459 e. The van der Waals surface area contributed by atoms with Crippen LogP contribution in [0, 0.1) is 13.8 Å². The summed E-state index contributed by atoms with van der Waals surface area (Å²) in [6, 6.07) is 7.90. The van der Waals surface area contributed by atoms with Crippen LogP contribution in [-0.2, 0) is 4.74 Å². The molecule has 0 aliphatic rings. The molecule has 7 nitrogen and oxygen atoms in total. The van der Waals surface area contributed by atoms with E-state index in [2.05, 4.69) is 10.3 Å². The van der Waals surface area contributed by atoms with Crippen LogP contribution in [0.25, 0.3) is 11.0 Å². The Morgan fingerprint density at radius 3 is 2.59 bits per heavy atom. The van der Waals surface area contributed by atoms with Gasteiger partial charge in [-0.1, -0.05) is 0 Å². The molecule has 140 valence electrons. The fraction of sp³-hybridized carbons (Fsp3) is 0.250. The summed E-state index contributed by atoms with van der Waals surface area (Å²) < 4.78 is 10.3. The van der Waals surface area contributed by atoms with Crippen molar-refractivity contribution in [3.8, 4) is 0 Å². The highest BCUT2D eigenvalue weighted by Gasteiger charge is 2.23. The number of rotatable bonds is 4. The zero-order valence-electron chi connectivity index (χ0n) is 15.5. The molecule has 0 aliphatic carbocycles. The zero-order valence-corrected chi connectivity index (χ0v) is 15.5. The van der Waals surface area contributed by atoms with Crippen LogP contribution in [0.5, 0.6) is 0 Å². The lowest BCUT2D eigenvalue weighted by molar-refractivity contribution is 0.0376. The van der Waals surface area contributed by atoms with Crippen molar-refractivity contribution < 1.29 is 18.7 Å². The Hall–Kier alpha value is -3.35. The highest BCUT2D eigenvalue weighted by molar-refractivity contribution is 6.07. The predicted molar refractivity (Wildman–Crippen MR) is 101 cm³/mol. The quantitative estimate of drug-likeness (QED) is 0.542. The summed E-state index contributed by atoms with van der Waals surface area (Å²) in [6.07, 6.45) is -0.249. The average Bonchev–Trinajstić information content (AvgIpc) is 2.89. The third-order valence-electron chi connectivity index (χ3n) is 4.09. The second kappa shape index (κ2) is 7.11. The summed E-state index contributed by atoms with van der Waals surface area (Å²) in [6.45, 7) is 6.96. The van der Waals surface area contributed by atoms with E-state index in [0.29, 0.717) is 39.2 Å². The van der Waals surface area contributed by atoms with E-state index in [1.54, 1.807) is 52.0 Å². The van der Waals surface area contributed by atoms with Gasteiger partial charge in [0.25, 0.3) is 5.91 Å². The normalized spacial score (nSPS) is 11.0. The number of H-pyrrole nitrogens is 1.